The largest absolute Gasteiger partial charge is 0.493 e. The molecule has 0 amide bonds. The molecule has 0 spiro atoms. The summed E-state index contributed by atoms with van der Waals surface area (Å²) in [5, 5.41) is 18.2. The summed E-state index contributed by atoms with van der Waals surface area (Å²) in [5.74, 6) is -0.0583. The summed E-state index contributed by atoms with van der Waals surface area (Å²) in [6.07, 6.45) is 3.97. The number of hydrogen-bond donors (Lipinski definition) is 1. The number of thiazole rings is 1. The summed E-state index contributed by atoms with van der Waals surface area (Å²) in [6.45, 7) is -0.516. The second-order valence-corrected chi connectivity index (χ2v) is 6.63. The summed E-state index contributed by atoms with van der Waals surface area (Å²) in [7, 11) is 0. The van der Waals surface area contributed by atoms with E-state index in [9.17, 15) is 14.3 Å². The molecule has 0 radical (unpaired) electrons. The molecule has 2 heterocycles. The number of halogens is 1. The van der Waals surface area contributed by atoms with Crippen LogP contribution in [0.2, 0.25) is 0 Å². The quantitative estimate of drug-likeness (QED) is 0.654. The molecule has 8 heteroatoms. The Morgan fingerprint density at radius 3 is 2.75 bits per heavy atom. The van der Waals surface area contributed by atoms with Crippen molar-refractivity contribution in [3.05, 3.63) is 49.8 Å². The number of allylic oxidation sites excluding steroid dienone is 1. The highest BCUT2D eigenvalue weighted by Crippen LogP contribution is 2.29. The lowest BCUT2D eigenvalue weighted by Gasteiger charge is -2.03. The minimum Gasteiger partial charge on any atom is -0.493 e. The number of rotatable bonds is 5. The van der Waals surface area contributed by atoms with Gasteiger partial charge in [0.2, 0.25) is 5.88 Å². The Morgan fingerprint density at radius 2 is 2.08 bits per heavy atom. The Balaban J connectivity index is 1.96. The average molecular weight is 361 g/mol. The highest BCUT2D eigenvalue weighted by molar-refractivity contribution is 7.73. The maximum atomic E-state index is 12.6. The van der Waals surface area contributed by atoms with Crippen molar-refractivity contribution in [1.29, 1.82) is 0 Å². The van der Waals surface area contributed by atoms with E-state index in [1.165, 1.54) is 15.9 Å². The lowest BCUT2D eigenvalue weighted by atomic mass is 10.0. The molecule has 0 aliphatic carbocycles. The number of aromatic nitrogens is 1. The van der Waals surface area contributed by atoms with E-state index in [0.29, 0.717) is 32.0 Å². The van der Waals surface area contributed by atoms with E-state index >= 15 is 0 Å². The van der Waals surface area contributed by atoms with Crippen molar-refractivity contribution >= 4 is 47.8 Å². The highest BCUT2D eigenvalue weighted by atomic mass is 32.1. The molecule has 5 nitrogen and oxygen atoms in total. The van der Waals surface area contributed by atoms with Gasteiger partial charge in [-0.3, -0.25) is 4.57 Å². The third-order valence-electron chi connectivity index (χ3n) is 3.45. The van der Waals surface area contributed by atoms with Gasteiger partial charge in [-0.15, -0.1) is 16.4 Å². The smallest absolute Gasteiger partial charge is 0.211 e. The van der Waals surface area contributed by atoms with E-state index in [-0.39, 0.29) is 12.4 Å². The fourth-order valence-electron chi connectivity index (χ4n) is 2.23. The lowest BCUT2D eigenvalue weighted by Crippen LogP contribution is -2.02. The molecule has 1 aliphatic heterocycles. The molecule has 2 aromatic rings. The van der Waals surface area contributed by atoms with Crippen molar-refractivity contribution in [3.63, 3.8) is 0 Å². The molecule has 122 valence electrons. The summed E-state index contributed by atoms with van der Waals surface area (Å²) < 4.78 is 14.4. The van der Waals surface area contributed by atoms with Crippen LogP contribution in [0.15, 0.2) is 40.0 Å². The molecule has 3 rings (SSSR count). The van der Waals surface area contributed by atoms with Crippen molar-refractivity contribution in [2.24, 2.45) is 10.2 Å². The first-order valence-corrected chi connectivity index (χ1v) is 8.21. The number of benzene rings is 1. The Labute approximate surface area is 146 Å². The number of nitrogens with zero attached hydrogens (tertiary/aromatic N) is 3. The molecule has 1 aliphatic rings. The van der Waals surface area contributed by atoms with Crippen molar-refractivity contribution in [2.75, 3.05) is 0 Å². The second kappa shape index (κ2) is 6.98. The zero-order valence-electron chi connectivity index (χ0n) is 12.3. The van der Waals surface area contributed by atoms with Gasteiger partial charge in [0.05, 0.1) is 17.6 Å². The van der Waals surface area contributed by atoms with E-state index < -0.39 is 6.67 Å². The Morgan fingerprint density at radius 1 is 1.33 bits per heavy atom. The van der Waals surface area contributed by atoms with E-state index in [0.717, 1.165) is 5.56 Å². The van der Waals surface area contributed by atoms with Gasteiger partial charge in [-0.25, -0.2) is 4.39 Å². The molecule has 0 unspecified atom stereocenters. The van der Waals surface area contributed by atoms with Gasteiger partial charge in [0.15, 0.2) is 3.95 Å². The van der Waals surface area contributed by atoms with Gasteiger partial charge in [0.25, 0.3) is 0 Å². The van der Waals surface area contributed by atoms with Crippen LogP contribution in [0.1, 0.15) is 16.0 Å². The van der Waals surface area contributed by atoms with E-state index in [1.807, 2.05) is 0 Å². The first-order chi connectivity index (χ1) is 11.6. The monoisotopic (exact) mass is 361 g/mol. The van der Waals surface area contributed by atoms with Crippen LogP contribution in [0.5, 0.6) is 5.88 Å². The average Bonchev–Trinajstić information content (AvgIpc) is 3.16. The zero-order valence-corrected chi connectivity index (χ0v) is 14.0. The van der Waals surface area contributed by atoms with Gasteiger partial charge in [0.1, 0.15) is 18.7 Å². The number of carbonyl (C=O) groups is 1. The van der Waals surface area contributed by atoms with Crippen LogP contribution in [0, 0.1) is 3.95 Å². The van der Waals surface area contributed by atoms with Gasteiger partial charge in [0, 0.05) is 11.1 Å². The number of hydrogen-bond acceptors (Lipinski definition) is 6. The standard InChI is InChI=1S/C16H12FN3O2S2/c17-8-10-1-3-11(4-2-10)14-12(9-18-19-14)7-13-15(22)20(5-6-21)16(23)24-13/h1-4,6-7,9,22H,5,8H2. The number of aldehydes is 1. The predicted octanol–water partition coefficient (Wildman–Crippen LogP) is 3.53. The molecule has 0 fully saturated rings. The highest BCUT2D eigenvalue weighted by Gasteiger charge is 2.16. The summed E-state index contributed by atoms with van der Waals surface area (Å²) >= 11 is 6.35. The fourth-order valence-corrected chi connectivity index (χ4v) is 3.51. The Hall–Kier alpha value is -2.45. The Kier molecular flexibility index (Phi) is 4.77. The molecule has 0 saturated carbocycles. The number of aromatic hydroxyl groups is 1. The third-order valence-corrected chi connectivity index (χ3v) is 4.83. The number of alkyl halides is 1. The van der Waals surface area contributed by atoms with Crippen LogP contribution >= 0.6 is 23.6 Å². The van der Waals surface area contributed by atoms with Crippen LogP contribution < -0.4 is 0 Å². The van der Waals surface area contributed by atoms with Crippen molar-refractivity contribution < 1.29 is 14.3 Å². The van der Waals surface area contributed by atoms with Gasteiger partial charge in [-0.2, -0.15) is 5.10 Å². The van der Waals surface area contributed by atoms with Gasteiger partial charge < -0.3 is 9.90 Å². The maximum Gasteiger partial charge on any atom is 0.211 e. The van der Waals surface area contributed by atoms with Gasteiger partial charge in [-0.05, 0) is 23.9 Å². The van der Waals surface area contributed by atoms with Crippen LogP contribution in [-0.2, 0) is 18.0 Å². The van der Waals surface area contributed by atoms with Crippen molar-refractivity contribution in [3.8, 4) is 5.88 Å². The number of carbonyl (C=O) groups excluding carboxylic acids is 1. The minimum atomic E-state index is -0.520. The normalized spacial score (nSPS) is 15.0. The van der Waals surface area contributed by atoms with Gasteiger partial charge in [-0.1, -0.05) is 24.3 Å². The second-order valence-electron chi connectivity index (χ2n) is 4.96. The lowest BCUT2D eigenvalue weighted by molar-refractivity contribution is -0.108. The molecule has 1 aromatic heterocycles. The molecular weight excluding hydrogens is 349 g/mol. The predicted molar refractivity (Wildman–Crippen MR) is 95.1 cm³/mol. The van der Waals surface area contributed by atoms with Crippen LogP contribution in [0.4, 0.5) is 4.39 Å². The van der Waals surface area contributed by atoms with E-state index in [1.54, 1.807) is 36.6 Å². The molecule has 1 aromatic carbocycles. The summed E-state index contributed by atoms with van der Waals surface area (Å²) in [5.41, 5.74) is 2.71. The van der Waals surface area contributed by atoms with E-state index in [2.05, 4.69) is 10.2 Å². The zero-order chi connectivity index (χ0) is 17.1. The first-order valence-electron chi connectivity index (χ1n) is 6.98. The van der Waals surface area contributed by atoms with E-state index in [4.69, 9.17) is 12.2 Å². The topological polar surface area (TPSA) is 67.0 Å². The van der Waals surface area contributed by atoms with Crippen LogP contribution in [0.25, 0.3) is 6.08 Å². The van der Waals surface area contributed by atoms with Gasteiger partial charge >= 0.3 is 0 Å². The minimum absolute atomic E-state index is 0.00404. The van der Waals surface area contributed by atoms with Crippen molar-refractivity contribution in [2.45, 2.75) is 13.2 Å². The Bertz CT molecular complexity index is 924. The molecular formula is C16H12FN3O2S2. The maximum absolute atomic E-state index is 12.6. The fraction of sp³-hybridized carbons (Fsp3) is 0.125. The molecule has 0 saturated heterocycles. The third kappa shape index (κ3) is 3.10. The van der Waals surface area contributed by atoms with Crippen molar-refractivity contribution in [1.82, 2.24) is 4.57 Å². The molecule has 0 atom stereocenters. The molecule has 24 heavy (non-hydrogen) atoms. The SMILES string of the molecule is O=CCn1c(O)c(C=C2C=NN=C2c2ccc(CF)cc2)sc1=S. The molecule has 1 N–H and O–H groups in total. The summed E-state index contributed by atoms with van der Waals surface area (Å²) in [6, 6.07) is 6.93. The van der Waals surface area contributed by atoms with Crippen LogP contribution in [-0.4, -0.2) is 27.9 Å². The molecule has 0 bridgehead atoms. The summed E-state index contributed by atoms with van der Waals surface area (Å²) in [4.78, 5) is 11.2. The van der Waals surface area contributed by atoms with Crippen LogP contribution in [0.3, 0.4) is 0 Å². The first kappa shape index (κ1) is 16.4.